The van der Waals surface area contributed by atoms with Crippen molar-refractivity contribution in [3.63, 3.8) is 0 Å². The zero-order valence-corrected chi connectivity index (χ0v) is 11.4. The van der Waals surface area contributed by atoms with Gasteiger partial charge in [-0.05, 0) is 19.9 Å². The molecule has 18 heavy (non-hydrogen) atoms. The summed E-state index contributed by atoms with van der Waals surface area (Å²) in [6, 6.07) is 6.74. The number of nitrogens with zero attached hydrogens (tertiary/aromatic N) is 1. The van der Waals surface area contributed by atoms with Gasteiger partial charge >= 0.3 is 0 Å². The summed E-state index contributed by atoms with van der Waals surface area (Å²) in [6.45, 7) is 3.21. The van der Waals surface area contributed by atoms with Crippen molar-refractivity contribution in [3.8, 4) is 0 Å². The standard InChI is InChI=1S/C12H18N2O3S/c1-10(18(2)17)9-13-8-7-11-5-3-4-6-12(11)14(15)16/h3-6,10,13H,7-9H2,1-2H3. The Balaban J connectivity index is 2.45. The monoisotopic (exact) mass is 270 g/mol. The first-order chi connectivity index (χ1) is 8.52. The maximum Gasteiger partial charge on any atom is 0.272 e. The van der Waals surface area contributed by atoms with Crippen molar-refractivity contribution in [3.05, 3.63) is 39.9 Å². The lowest BCUT2D eigenvalue weighted by Gasteiger charge is -2.09. The van der Waals surface area contributed by atoms with Crippen LogP contribution in [0.2, 0.25) is 0 Å². The van der Waals surface area contributed by atoms with E-state index in [1.807, 2.05) is 6.92 Å². The molecule has 0 spiro atoms. The van der Waals surface area contributed by atoms with E-state index in [-0.39, 0.29) is 15.9 Å². The number of hydrogen-bond acceptors (Lipinski definition) is 4. The van der Waals surface area contributed by atoms with Gasteiger partial charge in [0, 0.05) is 40.5 Å². The first-order valence-electron chi connectivity index (χ1n) is 5.77. The van der Waals surface area contributed by atoms with Crippen molar-refractivity contribution in [2.75, 3.05) is 19.3 Å². The number of rotatable bonds is 7. The van der Waals surface area contributed by atoms with E-state index in [1.165, 1.54) is 6.07 Å². The molecular weight excluding hydrogens is 252 g/mol. The van der Waals surface area contributed by atoms with Gasteiger partial charge in [-0.15, -0.1) is 0 Å². The number of nitro benzene ring substituents is 1. The van der Waals surface area contributed by atoms with Crippen LogP contribution in [-0.2, 0) is 17.2 Å². The van der Waals surface area contributed by atoms with Gasteiger partial charge < -0.3 is 5.32 Å². The Morgan fingerprint density at radius 1 is 1.44 bits per heavy atom. The fourth-order valence-electron chi connectivity index (χ4n) is 1.55. The summed E-state index contributed by atoms with van der Waals surface area (Å²) >= 11 is 0. The quantitative estimate of drug-likeness (QED) is 0.463. The van der Waals surface area contributed by atoms with E-state index < -0.39 is 10.8 Å². The third-order valence-corrected chi connectivity index (χ3v) is 4.06. The van der Waals surface area contributed by atoms with E-state index in [0.29, 0.717) is 19.5 Å². The fraction of sp³-hybridized carbons (Fsp3) is 0.500. The van der Waals surface area contributed by atoms with Gasteiger partial charge in [0.05, 0.1) is 4.92 Å². The molecule has 2 unspecified atom stereocenters. The van der Waals surface area contributed by atoms with Crippen LogP contribution in [0.5, 0.6) is 0 Å². The van der Waals surface area contributed by atoms with Crippen LogP contribution in [0.1, 0.15) is 12.5 Å². The second kappa shape index (κ2) is 7.23. The Kier molecular flexibility index (Phi) is 5.94. The van der Waals surface area contributed by atoms with Gasteiger partial charge in [-0.3, -0.25) is 14.3 Å². The molecule has 0 saturated heterocycles. The van der Waals surface area contributed by atoms with Gasteiger partial charge in [0.1, 0.15) is 0 Å². The minimum Gasteiger partial charge on any atom is -0.315 e. The lowest BCUT2D eigenvalue weighted by Crippen LogP contribution is -2.29. The van der Waals surface area contributed by atoms with E-state index in [0.717, 1.165) is 5.56 Å². The van der Waals surface area contributed by atoms with E-state index in [1.54, 1.807) is 24.5 Å². The molecule has 1 N–H and O–H groups in total. The van der Waals surface area contributed by atoms with Crippen molar-refractivity contribution in [1.29, 1.82) is 0 Å². The van der Waals surface area contributed by atoms with Crippen LogP contribution in [0.25, 0.3) is 0 Å². The molecule has 0 saturated carbocycles. The number of nitrogens with one attached hydrogen (secondary N) is 1. The molecule has 0 heterocycles. The van der Waals surface area contributed by atoms with Crippen LogP contribution >= 0.6 is 0 Å². The Bertz CT molecular complexity index is 437. The summed E-state index contributed by atoms with van der Waals surface area (Å²) in [5.74, 6) is 0. The second-order valence-corrected chi connectivity index (χ2v) is 5.95. The first-order valence-corrected chi connectivity index (χ1v) is 7.39. The van der Waals surface area contributed by atoms with Gasteiger partial charge in [0.15, 0.2) is 0 Å². The van der Waals surface area contributed by atoms with E-state index >= 15 is 0 Å². The van der Waals surface area contributed by atoms with Crippen LogP contribution < -0.4 is 5.32 Å². The summed E-state index contributed by atoms with van der Waals surface area (Å²) in [5.41, 5.74) is 0.881. The molecule has 1 rings (SSSR count). The smallest absolute Gasteiger partial charge is 0.272 e. The number of nitro groups is 1. The van der Waals surface area contributed by atoms with Crippen molar-refractivity contribution in [1.82, 2.24) is 5.32 Å². The molecule has 6 heteroatoms. The molecule has 0 bridgehead atoms. The average Bonchev–Trinajstić information content (AvgIpc) is 2.34. The molecule has 0 aliphatic heterocycles. The van der Waals surface area contributed by atoms with Crippen LogP contribution in [0.4, 0.5) is 5.69 Å². The van der Waals surface area contributed by atoms with Crippen molar-refractivity contribution in [2.24, 2.45) is 0 Å². The van der Waals surface area contributed by atoms with Crippen LogP contribution in [-0.4, -0.2) is 33.7 Å². The zero-order chi connectivity index (χ0) is 13.5. The predicted octanol–water partition coefficient (Wildman–Crippen LogP) is 1.49. The topological polar surface area (TPSA) is 72.2 Å². The highest BCUT2D eigenvalue weighted by atomic mass is 32.2. The van der Waals surface area contributed by atoms with Gasteiger partial charge in [-0.2, -0.15) is 0 Å². The number of para-hydroxylation sites is 1. The molecule has 0 aliphatic carbocycles. The highest BCUT2D eigenvalue weighted by molar-refractivity contribution is 7.84. The highest BCUT2D eigenvalue weighted by Crippen LogP contribution is 2.17. The third kappa shape index (κ3) is 4.54. The molecule has 5 nitrogen and oxygen atoms in total. The molecule has 1 aromatic rings. The Morgan fingerprint density at radius 2 is 2.11 bits per heavy atom. The number of hydrogen-bond donors (Lipinski definition) is 1. The van der Waals surface area contributed by atoms with Crippen LogP contribution in [0, 0.1) is 10.1 Å². The molecule has 0 aromatic heterocycles. The van der Waals surface area contributed by atoms with Crippen molar-refractivity contribution >= 4 is 16.5 Å². The summed E-state index contributed by atoms with van der Waals surface area (Å²) in [4.78, 5) is 10.4. The second-order valence-electron chi connectivity index (χ2n) is 4.15. The molecule has 0 aliphatic rings. The zero-order valence-electron chi connectivity index (χ0n) is 10.6. The van der Waals surface area contributed by atoms with Gasteiger partial charge in [-0.25, -0.2) is 0 Å². The van der Waals surface area contributed by atoms with Gasteiger partial charge in [-0.1, -0.05) is 18.2 Å². The molecule has 0 radical (unpaired) electrons. The van der Waals surface area contributed by atoms with Crippen LogP contribution in [0.3, 0.4) is 0 Å². The molecule has 2 atom stereocenters. The van der Waals surface area contributed by atoms with Crippen LogP contribution in [0.15, 0.2) is 24.3 Å². The fourth-order valence-corrected chi connectivity index (χ4v) is 1.90. The number of benzene rings is 1. The Morgan fingerprint density at radius 3 is 2.72 bits per heavy atom. The van der Waals surface area contributed by atoms with E-state index in [4.69, 9.17) is 0 Å². The summed E-state index contributed by atoms with van der Waals surface area (Å²) in [6.07, 6.45) is 2.27. The molecule has 0 amide bonds. The molecule has 100 valence electrons. The first kappa shape index (κ1) is 14.8. The lowest BCUT2D eigenvalue weighted by atomic mass is 10.1. The summed E-state index contributed by atoms with van der Waals surface area (Å²) < 4.78 is 11.1. The average molecular weight is 270 g/mol. The molecule has 1 aromatic carbocycles. The predicted molar refractivity (Wildman–Crippen MR) is 73.2 cm³/mol. The van der Waals surface area contributed by atoms with E-state index in [9.17, 15) is 14.3 Å². The summed E-state index contributed by atoms with van der Waals surface area (Å²) in [7, 11) is -0.841. The van der Waals surface area contributed by atoms with Crippen molar-refractivity contribution in [2.45, 2.75) is 18.6 Å². The lowest BCUT2D eigenvalue weighted by molar-refractivity contribution is -0.385. The van der Waals surface area contributed by atoms with Crippen molar-refractivity contribution < 1.29 is 9.13 Å². The maximum atomic E-state index is 11.1. The van der Waals surface area contributed by atoms with Gasteiger partial charge in [0.2, 0.25) is 0 Å². The summed E-state index contributed by atoms with van der Waals surface area (Å²) in [5, 5.41) is 14.1. The van der Waals surface area contributed by atoms with Gasteiger partial charge in [0.25, 0.3) is 5.69 Å². The largest absolute Gasteiger partial charge is 0.315 e. The minimum absolute atomic E-state index is 0.0933. The highest BCUT2D eigenvalue weighted by Gasteiger charge is 2.11. The van der Waals surface area contributed by atoms with E-state index in [2.05, 4.69) is 5.32 Å². The Hall–Kier alpha value is -1.27. The molecule has 0 fully saturated rings. The SMILES string of the molecule is CC(CNCCc1ccccc1[N+](=O)[O-])S(C)=O. The minimum atomic E-state index is -0.841. The maximum absolute atomic E-state index is 11.1. The molecular formula is C12H18N2O3S. The third-order valence-electron chi connectivity index (χ3n) is 2.76. The Labute approximate surface area is 109 Å². The normalized spacial score (nSPS) is 14.1.